The highest BCUT2D eigenvalue weighted by Crippen LogP contribution is 2.16. The molecule has 1 saturated heterocycles. The monoisotopic (exact) mass is 249 g/mol. The van der Waals surface area contributed by atoms with Crippen LogP contribution in [0.5, 0.6) is 5.75 Å². The standard InChI is InChI=1S/C13H19N3O2/c1-10-7-13(18-2)8-12(14-10)9-16-5-3-11(15-17)4-6-16/h7-8,17H,3-6,9H2,1-2H3. The van der Waals surface area contributed by atoms with Crippen molar-refractivity contribution in [2.24, 2.45) is 5.16 Å². The predicted octanol–water partition coefficient (Wildman–Crippen LogP) is 1.82. The van der Waals surface area contributed by atoms with Crippen molar-refractivity contribution in [2.45, 2.75) is 26.3 Å². The Morgan fingerprint density at radius 2 is 2.11 bits per heavy atom. The largest absolute Gasteiger partial charge is 0.497 e. The van der Waals surface area contributed by atoms with Crippen molar-refractivity contribution in [3.63, 3.8) is 0 Å². The Labute approximate surface area is 107 Å². The van der Waals surface area contributed by atoms with Crippen molar-refractivity contribution >= 4 is 5.71 Å². The minimum atomic E-state index is 0.816. The number of aryl methyl sites for hydroxylation is 1. The van der Waals surface area contributed by atoms with Crippen LogP contribution in [-0.2, 0) is 6.54 Å². The molecule has 5 nitrogen and oxygen atoms in total. The third-order valence-electron chi connectivity index (χ3n) is 3.18. The van der Waals surface area contributed by atoms with E-state index in [0.717, 1.165) is 55.3 Å². The molecule has 1 aliphatic heterocycles. The van der Waals surface area contributed by atoms with Crippen LogP contribution in [0.1, 0.15) is 24.2 Å². The smallest absolute Gasteiger partial charge is 0.122 e. The lowest BCUT2D eigenvalue weighted by atomic mass is 10.1. The molecule has 5 heteroatoms. The van der Waals surface area contributed by atoms with Gasteiger partial charge in [0.2, 0.25) is 0 Å². The number of hydrogen-bond donors (Lipinski definition) is 1. The van der Waals surface area contributed by atoms with Crippen LogP contribution in [0.4, 0.5) is 0 Å². The maximum absolute atomic E-state index is 8.71. The van der Waals surface area contributed by atoms with Gasteiger partial charge in [-0.1, -0.05) is 5.16 Å². The summed E-state index contributed by atoms with van der Waals surface area (Å²) in [5.41, 5.74) is 2.89. The third kappa shape index (κ3) is 3.20. The van der Waals surface area contributed by atoms with E-state index >= 15 is 0 Å². The second-order valence-corrected chi connectivity index (χ2v) is 4.58. The number of ether oxygens (including phenoxy) is 1. The Morgan fingerprint density at radius 1 is 1.39 bits per heavy atom. The fourth-order valence-corrected chi connectivity index (χ4v) is 2.20. The maximum atomic E-state index is 8.71. The van der Waals surface area contributed by atoms with E-state index in [9.17, 15) is 0 Å². The summed E-state index contributed by atoms with van der Waals surface area (Å²) < 4.78 is 5.25. The lowest BCUT2D eigenvalue weighted by Crippen LogP contribution is -2.33. The molecule has 0 saturated carbocycles. The number of pyridine rings is 1. The van der Waals surface area contributed by atoms with E-state index in [2.05, 4.69) is 15.0 Å². The van der Waals surface area contributed by atoms with Crippen molar-refractivity contribution in [1.82, 2.24) is 9.88 Å². The molecule has 1 aromatic heterocycles. The first-order chi connectivity index (χ1) is 8.71. The van der Waals surface area contributed by atoms with Crippen LogP contribution in [0.2, 0.25) is 0 Å². The van der Waals surface area contributed by atoms with Gasteiger partial charge < -0.3 is 9.94 Å². The van der Waals surface area contributed by atoms with Gasteiger partial charge in [-0.05, 0) is 6.92 Å². The minimum absolute atomic E-state index is 0.816. The van der Waals surface area contributed by atoms with Gasteiger partial charge in [0.15, 0.2) is 0 Å². The van der Waals surface area contributed by atoms with Gasteiger partial charge in [0, 0.05) is 50.3 Å². The number of methoxy groups -OCH3 is 1. The fourth-order valence-electron chi connectivity index (χ4n) is 2.20. The van der Waals surface area contributed by atoms with Crippen LogP contribution in [0, 0.1) is 6.92 Å². The predicted molar refractivity (Wildman–Crippen MR) is 69.3 cm³/mol. The molecule has 0 aromatic carbocycles. The second kappa shape index (κ2) is 5.82. The quantitative estimate of drug-likeness (QED) is 0.656. The van der Waals surface area contributed by atoms with Gasteiger partial charge in [-0.25, -0.2) is 0 Å². The first-order valence-corrected chi connectivity index (χ1v) is 6.15. The summed E-state index contributed by atoms with van der Waals surface area (Å²) in [6.07, 6.45) is 1.67. The van der Waals surface area contributed by atoms with Crippen LogP contribution in [0.15, 0.2) is 17.3 Å². The summed E-state index contributed by atoms with van der Waals surface area (Å²) in [6, 6.07) is 3.90. The number of aromatic nitrogens is 1. The molecule has 2 rings (SSSR count). The molecule has 2 heterocycles. The summed E-state index contributed by atoms with van der Waals surface area (Å²) in [6.45, 7) is 4.62. The average molecular weight is 249 g/mol. The van der Waals surface area contributed by atoms with Crippen molar-refractivity contribution in [3.8, 4) is 5.75 Å². The Bertz CT molecular complexity index is 436. The molecule has 1 fully saturated rings. The minimum Gasteiger partial charge on any atom is -0.497 e. The van der Waals surface area contributed by atoms with Gasteiger partial charge in [0.1, 0.15) is 5.75 Å². The van der Waals surface area contributed by atoms with Gasteiger partial charge in [-0.2, -0.15) is 0 Å². The molecule has 98 valence electrons. The van der Waals surface area contributed by atoms with Gasteiger partial charge in [0.05, 0.1) is 18.5 Å². The summed E-state index contributed by atoms with van der Waals surface area (Å²) in [4.78, 5) is 6.83. The van der Waals surface area contributed by atoms with E-state index in [4.69, 9.17) is 9.94 Å². The van der Waals surface area contributed by atoms with Gasteiger partial charge >= 0.3 is 0 Å². The van der Waals surface area contributed by atoms with Crippen LogP contribution in [0.3, 0.4) is 0 Å². The highest BCUT2D eigenvalue weighted by atomic mass is 16.5. The van der Waals surface area contributed by atoms with Crippen molar-refractivity contribution in [3.05, 3.63) is 23.5 Å². The Hall–Kier alpha value is -1.62. The molecule has 0 radical (unpaired) electrons. The molecular weight excluding hydrogens is 230 g/mol. The Kier molecular flexibility index (Phi) is 4.15. The number of rotatable bonds is 3. The average Bonchev–Trinajstić information content (AvgIpc) is 2.39. The molecule has 0 atom stereocenters. The SMILES string of the molecule is COc1cc(C)nc(CN2CCC(=NO)CC2)c1. The second-order valence-electron chi connectivity index (χ2n) is 4.58. The third-order valence-corrected chi connectivity index (χ3v) is 3.18. The first kappa shape index (κ1) is 12.8. The number of hydrogen-bond acceptors (Lipinski definition) is 5. The van der Waals surface area contributed by atoms with E-state index in [1.807, 2.05) is 19.1 Å². The number of nitrogens with zero attached hydrogens (tertiary/aromatic N) is 3. The molecular formula is C13H19N3O2. The zero-order valence-electron chi connectivity index (χ0n) is 10.9. The van der Waals surface area contributed by atoms with Gasteiger partial charge in [0.25, 0.3) is 0 Å². The normalized spacial score (nSPS) is 16.7. The van der Waals surface area contributed by atoms with Crippen molar-refractivity contribution in [1.29, 1.82) is 0 Å². The molecule has 1 aromatic rings. The van der Waals surface area contributed by atoms with Crippen LogP contribution >= 0.6 is 0 Å². The molecule has 18 heavy (non-hydrogen) atoms. The van der Waals surface area contributed by atoms with Crippen LogP contribution in [-0.4, -0.2) is 41.0 Å². The highest BCUT2D eigenvalue weighted by molar-refractivity contribution is 5.84. The summed E-state index contributed by atoms with van der Waals surface area (Å²) >= 11 is 0. The van der Waals surface area contributed by atoms with E-state index in [-0.39, 0.29) is 0 Å². The van der Waals surface area contributed by atoms with Gasteiger partial charge in [-0.15, -0.1) is 0 Å². The van der Waals surface area contributed by atoms with E-state index < -0.39 is 0 Å². The molecule has 0 aliphatic carbocycles. The molecule has 0 unspecified atom stereocenters. The summed E-state index contributed by atoms with van der Waals surface area (Å²) in [5.74, 6) is 0.854. The molecule has 0 spiro atoms. The topological polar surface area (TPSA) is 58.0 Å². The van der Waals surface area contributed by atoms with Gasteiger partial charge in [-0.3, -0.25) is 9.88 Å². The fraction of sp³-hybridized carbons (Fsp3) is 0.538. The van der Waals surface area contributed by atoms with Crippen molar-refractivity contribution < 1.29 is 9.94 Å². The zero-order valence-corrected chi connectivity index (χ0v) is 10.9. The zero-order chi connectivity index (χ0) is 13.0. The van der Waals surface area contributed by atoms with Crippen molar-refractivity contribution in [2.75, 3.05) is 20.2 Å². The lowest BCUT2D eigenvalue weighted by Gasteiger charge is -2.26. The first-order valence-electron chi connectivity index (χ1n) is 6.15. The molecule has 1 N–H and O–H groups in total. The number of likely N-dealkylation sites (tertiary alicyclic amines) is 1. The van der Waals surface area contributed by atoms with E-state index in [0.29, 0.717) is 0 Å². The summed E-state index contributed by atoms with van der Waals surface area (Å²) in [5, 5.41) is 12.0. The molecule has 0 amide bonds. The summed E-state index contributed by atoms with van der Waals surface area (Å²) in [7, 11) is 1.67. The Balaban J connectivity index is 1.99. The highest BCUT2D eigenvalue weighted by Gasteiger charge is 2.16. The number of piperidine rings is 1. The number of oxime groups is 1. The lowest BCUT2D eigenvalue weighted by molar-refractivity contribution is 0.253. The van der Waals surface area contributed by atoms with E-state index in [1.165, 1.54) is 0 Å². The van der Waals surface area contributed by atoms with Crippen LogP contribution in [0.25, 0.3) is 0 Å². The molecule has 0 bridgehead atoms. The maximum Gasteiger partial charge on any atom is 0.122 e. The molecule has 1 aliphatic rings. The Morgan fingerprint density at radius 3 is 2.72 bits per heavy atom. The van der Waals surface area contributed by atoms with E-state index in [1.54, 1.807) is 7.11 Å². The van der Waals surface area contributed by atoms with Crippen LogP contribution < -0.4 is 4.74 Å².